The van der Waals surface area contributed by atoms with E-state index in [2.05, 4.69) is 21.8 Å². The third kappa shape index (κ3) is 3.26. The smallest absolute Gasteiger partial charge is 0.187 e. The van der Waals surface area contributed by atoms with Crippen molar-refractivity contribution in [3.63, 3.8) is 0 Å². The van der Waals surface area contributed by atoms with E-state index in [0.717, 1.165) is 17.0 Å². The highest BCUT2D eigenvalue weighted by Gasteiger charge is 1.91. The second kappa shape index (κ2) is 5.33. The van der Waals surface area contributed by atoms with Crippen molar-refractivity contribution in [1.29, 1.82) is 0 Å². The van der Waals surface area contributed by atoms with E-state index in [9.17, 15) is 4.79 Å². The molecule has 0 atom stereocenters. The summed E-state index contributed by atoms with van der Waals surface area (Å²) in [5.41, 5.74) is 0.736. The summed E-state index contributed by atoms with van der Waals surface area (Å²) in [5, 5.41) is 0.723. The normalized spacial score (nSPS) is 8.69. The zero-order valence-electron chi connectivity index (χ0n) is 7.15. The molecular weight excluding hydrogens is 184 g/mol. The maximum absolute atomic E-state index is 9.96. The van der Waals surface area contributed by atoms with Crippen LogP contribution in [0.5, 0.6) is 0 Å². The Balaban J connectivity index is 2.70. The molecule has 0 amide bonds. The maximum Gasteiger partial charge on any atom is 0.187 e. The van der Waals surface area contributed by atoms with Gasteiger partial charge in [-0.3, -0.25) is 0 Å². The van der Waals surface area contributed by atoms with Crippen LogP contribution in [-0.4, -0.2) is 22.5 Å². The number of rotatable bonds is 2. The first-order valence-corrected chi connectivity index (χ1v) is 4.88. The molecule has 66 valence electrons. The molecule has 13 heavy (non-hydrogen) atoms. The van der Waals surface area contributed by atoms with E-state index in [0.29, 0.717) is 0 Å². The standard InChI is InChI=1S/C9H8N2OS/c1-13-9-10-6-8(7-11-9)4-2-3-5-12/h5-7H,3H2,1H3. The van der Waals surface area contributed by atoms with E-state index in [4.69, 9.17) is 0 Å². The fraction of sp³-hybridized carbons (Fsp3) is 0.222. The maximum atomic E-state index is 9.96. The molecule has 0 bridgehead atoms. The molecule has 1 rings (SSSR count). The van der Waals surface area contributed by atoms with Crippen LogP contribution in [0.1, 0.15) is 12.0 Å². The zero-order chi connectivity index (χ0) is 9.52. The molecular formula is C9H8N2OS. The number of carbonyl (C=O) groups excluding carboxylic acids is 1. The molecule has 0 aliphatic heterocycles. The molecule has 0 aliphatic carbocycles. The van der Waals surface area contributed by atoms with E-state index in [-0.39, 0.29) is 6.42 Å². The second-order valence-corrected chi connectivity index (χ2v) is 2.90. The summed E-state index contributed by atoms with van der Waals surface area (Å²) in [5.74, 6) is 5.47. The molecule has 1 aromatic rings. The van der Waals surface area contributed by atoms with Crippen molar-refractivity contribution in [3.8, 4) is 11.8 Å². The fourth-order valence-corrected chi connectivity index (χ4v) is 0.997. The first-order chi connectivity index (χ1) is 6.36. The van der Waals surface area contributed by atoms with Gasteiger partial charge >= 0.3 is 0 Å². The Morgan fingerprint density at radius 1 is 1.54 bits per heavy atom. The highest BCUT2D eigenvalue weighted by atomic mass is 32.2. The molecule has 4 heteroatoms. The van der Waals surface area contributed by atoms with E-state index in [1.165, 1.54) is 11.8 Å². The third-order valence-electron chi connectivity index (χ3n) is 1.23. The van der Waals surface area contributed by atoms with Crippen LogP contribution in [0, 0.1) is 11.8 Å². The van der Waals surface area contributed by atoms with Gasteiger partial charge in [-0.05, 0) is 6.26 Å². The average molecular weight is 192 g/mol. The molecule has 0 radical (unpaired) electrons. The van der Waals surface area contributed by atoms with Crippen molar-refractivity contribution in [2.45, 2.75) is 11.6 Å². The molecule has 0 saturated heterocycles. The molecule has 0 saturated carbocycles. The second-order valence-electron chi connectivity index (χ2n) is 2.13. The molecule has 0 fully saturated rings. The molecule has 0 spiro atoms. The minimum absolute atomic E-state index is 0.254. The monoisotopic (exact) mass is 192 g/mol. The lowest BCUT2D eigenvalue weighted by Gasteiger charge is -1.92. The summed E-state index contributed by atoms with van der Waals surface area (Å²) in [6.07, 6.45) is 6.23. The van der Waals surface area contributed by atoms with Crippen molar-refractivity contribution in [2.75, 3.05) is 6.26 Å². The van der Waals surface area contributed by atoms with Crippen LogP contribution >= 0.6 is 11.8 Å². The lowest BCUT2D eigenvalue weighted by molar-refractivity contribution is -0.107. The highest BCUT2D eigenvalue weighted by Crippen LogP contribution is 2.05. The Bertz CT molecular complexity index is 337. The molecule has 0 unspecified atom stereocenters. The number of thioether (sulfide) groups is 1. The quantitative estimate of drug-likeness (QED) is 0.305. The molecule has 1 heterocycles. The summed E-state index contributed by atoms with van der Waals surface area (Å²) >= 11 is 1.48. The van der Waals surface area contributed by atoms with Gasteiger partial charge in [0.1, 0.15) is 6.29 Å². The Labute approximate surface area is 81.0 Å². The van der Waals surface area contributed by atoms with Crippen LogP contribution in [0.4, 0.5) is 0 Å². The van der Waals surface area contributed by atoms with Gasteiger partial charge < -0.3 is 4.79 Å². The van der Waals surface area contributed by atoms with Crippen LogP contribution in [0.2, 0.25) is 0 Å². The zero-order valence-corrected chi connectivity index (χ0v) is 7.97. The van der Waals surface area contributed by atoms with Gasteiger partial charge in [-0.25, -0.2) is 9.97 Å². The van der Waals surface area contributed by atoms with Gasteiger partial charge in [0.25, 0.3) is 0 Å². The van der Waals surface area contributed by atoms with Gasteiger partial charge in [-0.15, -0.1) is 0 Å². The topological polar surface area (TPSA) is 42.9 Å². The van der Waals surface area contributed by atoms with E-state index >= 15 is 0 Å². The number of aldehydes is 1. The molecule has 1 aromatic heterocycles. The summed E-state index contributed by atoms with van der Waals surface area (Å²) in [6, 6.07) is 0. The van der Waals surface area contributed by atoms with Crippen LogP contribution in [0.25, 0.3) is 0 Å². The fourth-order valence-electron chi connectivity index (χ4n) is 0.681. The lowest BCUT2D eigenvalue weighted by atomic mass is 10.3. The predicted octanol–water partition coefficient (Wildman–Crippen LogP) is 1.14. The Morgan fingerprint density at radius 2 is 2.23 bits per heavy atom. The van der Waals surface area contributed by atoms with Crippen molar-refractivity contribution >= 4 is 18.0 Å². The minimum atomic E-state index is 0.254. The molecule has 0 aromatic carbocycles. The first-order valence-electron chi connectivity index (χ1n) is 3.65. The van der Waals surface area contributed by atoms with Gasteiger partial charge in [-0.2, -0.15) is 0 Å². The van der Waals surface area contributed by atoms with Gasteiger partial charge in [0.05, 0.1) is 12.0 Å². The van der Waals surface area contributed by atoms with E-state index in [1.807, 2.05) is 6.26 Å². The Hall–Kier alpha value is -1.34. The molecule has 3 nitrogen and oxygen atoms in total. The van der Waals surface area contributed by atoms with Gasteiger partial charge in [0, 0.05) is 12.4 Å². The Morgan fingerprint density at radius 3 is 2.77 bits per heavy atom. The summed E-state index contributed by atoms with van der Waals surface area (Å²) in [4.78, 5) is 18.0. The van der Waals surface area contributed by atoms with E-state index in [1.54, 1.807) is 12.4 Å². The predicted molar refractivity (Wildman–Crippen MR) is 51.4 cm³/mol. The molecule has 0 N–H and O–H groups in total. The van der Waals surface area contributed by atoms with E-state index < -0.39 is 0 Å². The Kier molecular flexibility index (Phi) is 4.00. The summed E-state index contributed by atoms with van der Waals surface area (Å²) < 4.78 is 0. The van der Waals surface area contributed by atoms with Gasteiger partial charge in [0.2, 0.25) is 0 Å². The number of carbonyl (C=O) groups is 1. The van der Waals surface area contributed by atoms with Crippen molar-refractivity contribution in [3.05, 3.63) is 18.0 Å². The van der Waals surface area contributed by atoms with Crippen molar-refractivity contribution in [2.24, 2.45) is 0 Å². The van der Waals surface area contributed by atoms with Crippen molar-refractivity contribution < 1.29 is 4.79 Å². The van der Waals surface area contributed by atoms with Crippen LogP contribution < -0.4 is 0 Å². The van der Waals surface area contributed by atoms with Crippen molar-refractivity contribution in [1.82, 2.24) is 9.97 Å². The number of aromatic nitrogens is 2. The van der Waals surface area contributed by atoms with Gasteiger partial charge in [0.15, 0.2) is 5.16 Å². The SMILES string of the molecule is CSc1ncc(C#CCC=O)cn1. The summed E-state index contributed by atoms with van der Waals surface area (Å²) in [7, 11) is 0. The lowest BCUT2D eigenvalue weighted by Crippen LogP contribution is -1.85. The van der Waals surface area contributed by atoms with Gasteiger partial charge in [-0.1, -0.05) is 23.6 Å². The van der Waals surface area contributed by atoms with Crippen LogP contribution in [0.15, 0.2) is 17.6 Å². The first kappa shape index (κ1) is 9.75. The number of nitrogens with zero attached hydrogens (tertiary/aromatic N) is 2. The largest absolute Gasteiger partial charge is 0.302 e. The third-order valence-corrected chi connectivity index (χ3v) is 1.80. The van der Waals surface area contributed by atoms with Crippen LogP contribution in [0.3, 0.4) is 0 Å². The van der Waals surface area contributed by atoms with Crippen LogP contribution in [-0.2, 0) is 4.79 Å². The number of hydrogen-bond acceptors (Lipinski definition) is 4. The number of hydrogen-bond donors (Lipinski definition) is 0. The average Bonchev–Trinajstić information content (AvgIpc) is 2.19. The summed E-state index contributed by atoms with van der Waals surface area (Å²) in [6.45, 7) is 0. The molecule has 0 aliphatic rings. The highest BCUT2D eigenvalue weighted by molar-refractivity contribution is 7.98. The minimum Gasteiger partial charge on any atom is -0.302 e.